The van der Waals surface area contributed by atoms with Crippen LogP contribution in [0.1, 0.15) is 26.5 Å². The molecule has 0 aliphatic rings. The highest BCUT2D eigenvalue weighted by atomic mass is 16.3. The standard InChI is InChI=1S/C17H14N4O3/c1-11-12(7-8-13(19-11)15-6-4-10-24-15)16(22)20-21-17(23)14-5-2-3-9-18-14/h2-10H,1H3,(H,20,22)(H,21,23). The molecule has 0 atom stereocenters. The van der Waals surface area contributed by atoms with Gasteiger partial charge in [-0.25, -0.2) is 4.98 Å². The first-order chi connectivity index (χ1) is 11.6. The summed E-state index contributed by atoms with van der Waals surface area (Å²) >= 11 is 0. The van der Waals surface area contributed by atoms with Crippen molar-refractivity contribution in [2.45, 2.75) is 6.92 Å². The molecule has 0 aliphatic heterocycles. The second-order valence-electron chi connectivity index (χ2n) is 4.93. The Morgan fingerprint density at radius 2 is 1.83 bits per heavy atom. The zero-order chi connectivity index (χ0) is 16.9. The SMILES string of the molecule is Cc1nc(-c2ccco2)ccc1C(=O)NNC(=O)c1ccccn1. The summed E-state index contributed by atoms with van der Waals surface area (Å²) in [5, 5.41) is 0. The molecule has 0 aromatic carbocycles. The third-order valence-electron chi connectivity index (χ3n) is 3.29. The number of aryl methyl sites for hydroxylation is 1. The number of carbonyl (C=O) groups is 2. The molecule has 120 valence electrons. The summed E-state index contributed by atoms with van der Waals surface area (Å²) < 4.78 is 5.28. The van der Waals surface area contributed by atoms with E-state index in [1.165, 1.54) is 6.20 Å². The maximum absolute atomic E-state index is 12.2. The molecule has 0 fully saturated rings. The molecule has 0 radical (unpaired) electrons. The lowest BCUT2D eigenvalue weighted by molar-refractivity contribution is 0.0843. The van der Waals surface area contributed by atoms with E-state index in [1.54, 1.807) is 55.7 Å². The fourth-order valence-corrected chi connectivity index (χ4v) is 2.10. The first kappa shape index (κ1) is 15.4. The van der Waals surface area contributed by atoms with Crippen LogP contribution < -0.4 is 10.9 Å². The van der Waals surface area contributed by atoms with Crippen LogP contribution in [0.3, 0.4) is 0 Å². The minimum Gasteiger partial charge on any atom is -0.463 e. The van der Waals surface area contributed by atoms with E-state index < -0.39 is 11.8 Å². The largest absolute Gasteiger partial charge is 0.463 e. The van der Waals surface area contributed by atoms with Crippen molar-refractivity contribution >= 4 is 11.8 Å². The van der Waals surface area contributed by atoms with Gasteiger partial charge < -0.3 is 4.42 Å². The summed E-state index contributed by atoms with van der Waals surface area (Å²) in [5.74, 6) is -0.342. The van der Waals surface area contributed by atoms with Gasteiger partial charge in [-0.2, -0.15) is 0 Å². The van der Waals surface area contributed by atoms with Crippen molar-refractivity contribution in [3.05, 3.63) is 71.9 Å². The minimum atomic E-state index is -0.498. The Hall–Kier alpha value is -3.48. The summed E-state index contributed by atoms with van der Waals surface area (Å²) in [6.45, 7) is 1.71. The highest BCUT2D eigenvalue weighted by molar-refractivity contribution is 5.98. The van der Waals surface area contributed by atoms with Gasteiger partial charge in [-0.05, 0) is 43.3 Å². The van der Waals surface area contributed by atoms with E-state index in [9.17, 15) is 9.59 Å². The Morgan fingerprint density at radius 1 is 1.00 bits per heavy atom. The molecule has 0 aliphatic carbocycles. The number of amides is 2. The average molecular weight is 322 g/mol. The van der Waals surface area contributed by atoms with Gasteiger partial charge in [0.25, 0.3) is 11.8 Å². The number of nitrogens with one attached hydrogen (secondary N) is 2. The first-order valence-corrected chi connectivity index (χ1v) is 7.18. The van der Waals surface area contributed by atoms with Crippen molar-refractivity contribution in [1.82, 2.24) is 20.8 Å². The van der Waals surface area contributed by atoms with Crippen molar-refractivity contribution in [3.63, 3.8) is 0 Å². The number of hydrogen-bond donors (Lipinski definition) is 2. The molecule has 0 bridgehead atoms. The lowest BCUT2D eigenvalue weighted by atomic mass is 10.1. The Balaban J connectivity index is 1.68. The van der Waals surface area contributed by atoms with E-state index in [-0.39, 0.29) is 5.69 Å². The minimum absolute atomic E-state index is 0.209. The molecule has 0 saturated heterocycles. The average Bonchev–Trinajstić information content (AvgIpc) is 3.14. The molecule has 3 aromatic rings. The summed E-state index contributed by atoms with van der Waals surface area (Å²) in [4.78, 5) is 32.3. The quantitative estimate of drug-likeness (QED) is 0.720. The van der Waals surface area contributed by atoms with E-state index >= 15 is 0 Å². The number of aromatic nitrogens is 2. The monoisotopic (exact) mass is 322 g/mol. The van der Waals surface area contributed by atoms with Crippen molar-refractivity contribution in [1.29, 1.82) is 0 Å². The van der Waals surface area contributed by atoms with Gasteiger partial charge in [0, 0.05) is 6.20 Å². The van der Waals surface area contributed by atoms with Gasteiger partial charge >= 0.3 is 0 Å². The molecule has 0 spiro atoms. The van der Waals surface area contributed by atoms with Gasteiger partial charge in [-0.1, -0.05) is 6.07 Å². The van der Waals surface area contributed by atoms with E-state index in [0.29, 0.717) is 22.7 Å². The van der Waals surface area contributed by atoms with Crippen molar-refractivity contribution < 1.29 is 14.0 Å². The topological polar surface area (TPSA) is 97.1 Å². The van der Waals surface area contributed by atoms with Crippen molar-refractivity contribution in [2.24, 2.45) is 0 Å². The van der Waals surface area contributed by atoms with Crippen molar-refractivity contribution in [3.8, 4) is 11.5 Å². The number of pyridine rings is 2. The zero-order valence-electron chi connectivity index (χ0n) is 12.8. The first-order valence-electron chi connectivity index (χ1n) is 7.18. The van der Waals surface area contributed by atoms with Crippen LogP contribution in [0.15, 0.2) is 59.3 Å². The van der Waals surface area contributed by atoms with Gasteiger partial charge in [0.15, 0.2) is 5.76 Å². The van der Waals surface area contributed by atoms with Gasteiger partial charge in [0.05, 0.1) is 17.5 Å². The van der Waals surface area contributed by atoms with E-state index in [4.69, 9.17) is 4.42 Å². The fraction of sp³-hybridized carbons (Fsp3) is 0.0588. The third kappa shape index (κ3) is 3.30. The molecule has 7 nitrogen and oxygen atoms in total. The maximum atomic E-state index is 12.2. The number of nitrogens with zero attached hydrogens (tertiary/aromatic N) is 2. The summed E-state index contributed by atoms with van der Waals surface area (Å²) in [5.41, 5.74) is 6.38. The summed E-state index contributed by atoms with van der Waals surface area (Å²) in [7, 11) is 0. The van der Waals surface area contributed by atoms with Crippen LogP contribution in [0.5, 0.6) is 0 Å². The van der Waals surface area contributed by atoms with Gasteiger partial charge in [-0.3, -0.25) is 25.4 Å². The Kier molecular flexibility index (Phi) is 4.33. The summed E-state index contributed by atoms with van der Waals surface area (Å²) in [6, 6.07) is 11.8. The third-order valence-corrected chi connectivity index (χ3v) is 3.29. The second kappa shape index (κ2) is 6.74. The second-order valence-corrected chi connectivity index (χ2v) is 4.93. The van der Waals surface area contributed by atoms with Crippen LogP contribution >= 0.6 is 0 Å². The van der Waals surface area contributed by atoms with E-state index in [0.717, 1.165) is 0 Å². The number of hydrogen-bond acceptors (Lipinski definition) is 5. The van der Waals surface area contributed by atoms with Crippen molar-refractivity contribution in [2.75, 3.05) is 0 Å². The molecule has 24 heavy (non-hydrogen) atoms. The fourth-order valence-electron chi connectivity index (χ4n) is 2.10. The smallest absolute Gasteiger partial charge is 0.288 e. The van der Waals surface area contributed by atoms with E-state index in [2.05, 4.69) is 20.8 Å². The Labute approximate surface area is 137 Å². The predicted octanol–water partition coefficient (Wildman–Crippen LogP) is 2.12. The number of hydrazine groups is 1. The number of rotatable bonds is 3. The van der Waals surface area contributed by atoms with Crippen LogP contribution in [0.25, 0.3) is 11.5 Å². The Bertz CT molecular complexity index is 861. The molecule has 2 N–H and O–H groups in total. The lowest BCUT2D eigenvalue weighted by Gasteiger charge is -2.09. The normalized spacial score (nSPS) is 10.2. The van der Waals surface area contributed by atoms with Gasteiger partial charge in [0.2, 0.25) is 0 Å². The van der Waals surface area contributed by atoms with Crippen LogP contribution in [0, 0.1) is 6.92 Å². The highest BCUT2D eigenvalue weighted by Gasteiger charge is 2.14. The maximum Gasteiger partial charge on any atom is 0.288 e. The van der Waals surface area contributed by atoms with Gasteiger partial charge in [0.1, 0.15) is 11.4 Å². The molecule has 3 heterocycles. The van der Waals surface area contributed by atoms with E-state index in [1.807, 2.05) is 0 Å². The van der Waals surface area contributed by atoms with Crippen LogP contribution in [0.2, 0.25) is 0 Å². The lowest BCUT2D eigenvalue weighted by Crippen LogP contribution is -2.42. The molecular weight excluding hydrogens is 308 g/mol. The number of furan rings is 1. The molecule has 2 amide bonds. The molecule has 3 aromatic heterocycles. The molecule has 3 rings (SSSR count). The zero-order valence-corrected chi connectivity index (χ0v) is 12.8. The molecule has 0 saturated carbocycles. The highest BCUT2D eigenvalue weighted by Crippen LogP contribution is 2.19. The van der Waals surface area contributed by atoms with Crippen LogP contribution in [-0.4, -0.2) is 21.8 Å². The molecule has 0 unspecified atom stereocenters. The molecular formula is C17H14N4O3. The Morgan fingerprint density at radius 3 is 2.50 bits per heavy atom. The molecule has 7 heteroatoms. The van der Waals surface area contributed by atoms with Crippen LogP contribution in [0.4, 0.5) is 0 Å². The van der Waals surface area contributed by atoms with Gasteiger partial charge in [-0.15, -0.1) is 0 Å². The van der Waals surface area contributed by atoms with Crippen LogP contribution in [-0.2, 0) is 0 Å². The summed E-state index contributed by atoms with van der Waals surface area (Å²) in [6.07, 6.45) is 3.05. The number of carbonyl (C=O) groups excluding carboxylic acids is 2. The predicted molar refractivity (Wildman–Crippen MR) is 85.8 cm³/mol.